The third-order valence-electron chi connectivity index (χ3n) is 7.46. The van der Waals surface area contributed by atoms with Gasteiger partial charge < -0.3 is 20.4 Å². The Morgan fingerprint density at radius 2 is 1.53 bits per heavy atom. The number of allylic oxidation sites excluding steroid dienone is 1. The number of carbonyl (C=O) groups is 1. The van der Waals surface area contributed by atoms with Gasteiger partial charge in [0, 0.05) is 30.9 Å². The van der Waals surface area contributed by atoms with Gasteiger partial charge in [0.15, 0.2) is 0 Å². The van der Waals surface area contributed by atoms with Crippen LogP contribution in [0.4, 0.5) is 5.69 Å². The minimum absolute atomic E-state index is 0.0809. The quantitative estimate of drug-likeness (QED) is 0.270. The highest BCUT2D eigenvalue weighted by atomic mass is 16.3. The fourth-order valence-electron chi connectivity index (χ4n) is 4.90. The molecule has 2 aromatic carbocycles. The molecule has 0 aliphatic carbocycles. The van der Waals surface area contributed by atoms with Crippen LogP contribution in [-0.4, -0.2) is 34.9 Å². The zero-order valence-electron chi connectivity index (χ0n) is 23.5. The van der Waals surface area contributed by atoms with Crippen LogP contribution in [0.1, 0.15) is 93.5 Å². The van der Waals surface area contributed by atoms with Crippen LogP contribution in [0.2, 0.25) is 0 Å². The summed E-state index contributed by atoms with van der Waals surface area (Å²) in [4.78, 5) is 14.3. The van der Waals surface area contributed by atoms with Crippen molar-refractivity contribution in [1.82, 2.24) is 5.32 Å². The molecule has 0 bridgehead atoms. The lowest BCUT2D eigenvalue weighted by Gasteiger charge is -2.31. The van der Waals surface area contributed by atoms with Gasteiger partial charge in [-0.1, -0.05) is 62.9 Å². The predicted molar refractivity (Wildman–Crippen MR) is 159 cm³/mol. The van der Waals surface area contributed by atoms with E-state index < -0.39 is 0 Å². The third-order valence-corrected chi connectivity index (χ3v) is 7.46. The highest BCUT2D eigenvalue weighted by Gasteiger charge is 2.19. The first kappa shape index (κ1) is 29.7. The molecule has 2 unspecified atom stereocenters. The van der Waals surface area contributed by atoms with Crippen LogP contribution >= 0.6 is 0 Å². The molecule has 0 fully saturated rings. The monoisotopic (exact) mass is 518 g/mol. The SMILES string of the molecule is C=C(CCCC(=O)NCC)N1Cc2cc(CCC(O)CC)ccc2/C=C\c2ccc(CCC(O)CC)cc21. The molecule has 0 spiro atoms. The largest absolute Gasteiger partial charge is 0.393 e. The number of rotatable bonds is 14. The summed E-state index contributed by atoms with van der Waals surface area (Å²) in [6, 6.07) is 13.2. The summed E-state index contributed by atoms with van der Waals surface area (Å²) in [5.41, 5.74) is 8.09. The maximum atomic E-state index is 12.0. The van der Waals surface area contributed by atoms with Crippen molar-refractivity contribution < 1.29 is 15.0 Å². The van der Waals surface area contributed by atoms with Crippen LogP contribution in [0.15, 0.2) is 48.7 Å². The minimum Gasteiger partial charge on any atom is -0.393 e. The summed E-state index contributed by atoms with van der Waals surface area (Å²) < 4.78 is 0. The van der Waals surface area contributed by atoms with E-state index in [0.717, 1.165) is 68.3 Å². The number of benzene rings is 2. The molecule has 3 N–H and O–H groups in total. The van der Waals surface area contributed by atoms with Gasteiger partial charge in [-0.2, -0.15) is 0 Å². The van der Waals surface area contributed by atoms with E-state index in [4.69, 9.17) is 0 Å². The molecular weight excluding hydrogens is 472 g/mol. The van der Waals surface area contributed by atoms with E-state index in [-0.39, 0.29) is 18.1 Å². The Labute approximate surface area is 229 Å². The third kappa shape index (κ3) is 8.57. The lowest BCUT2D eigenvalue weighted by molar-refractivity contribution is -0.121. The van der Waals surface area contributed by atoms with E-state index in [1.54, 1.807) is 0 Å². The summed E-state index contributed by atoms with van der Waals surface area (Å²) in [6.45, 7) is 11.8. The molecule has 5 heteroatoms. The minimum atomic E-state index is -0.284. The number of aryl methyl sites for hydroxylation is 2. The second-order valence-electron chi connectivity index (χ2n) is 10.4. The molecule has 1 aliphatic rings. The van der Waals surface area contributed by atoms with Gasteiger partial charge in [0.25, 0.3) is 0 Å². The molecule has 2 aromatic rings. The molecule has 206 valence electrons. The summed E-state index contributed by atoms with van der Waals surface area (Å²) in [5, 5.41) is 23.1. The number of hydrogen-bond donors (Lipinski definition) is 3. The molecule has 2 atom stereocenters. The number of aliphatic hydroxyl groups is 2. The summed E-state index contributed by atoms with van der Waals surface area (Å²) in [6.07, 6.45) is 10.5. The van der Waals surface area contributed by atoms with Crippen molar-refractivity contribution in [1.29, 1.82) is 0 Å². The van der Waals surface area contributed by atoms with Crippen LogP contribution in [0.25, 0.3) is 12.2 Å². The average molecular weight is 519 g/mol. The maximum absolute atomic E-state index is 12.0. The molecule has 3 rings (SSSR count). The smallest absolute Gasteiger partial charge is 0.219 e. The Bertz CT molecular complexity index is 1110. The van der Waals surface area contributed by atoms with Crippen molar-refractivity contribution >= 4 is 23.7 Å². The van der Waals surface area contributed by atoms with Crippen molar-refractivity contribution in [2.45, 2.75) is 97.3 Å². The standard InChI is InChI=1S/C33H46N2O3/c1-5-30(36)19-13-25-11-15-27-17-18-28-16-12-26(14-20-31(37)6-2)22-32(28)35(23-29(27)21-25)24(4)9-8-10-33(38)34-7-3/h11-12,15-18,21-22,30-31,36-37H,4-10,13-14,19-20,23H2,1-3H3,(H,34,38)/b18-17-. The summed E-state index contributed by atoms with van der Waals surface area (Å²) in [5.74, 6) is 0.0809. The molecule has 1 heterocycles. The first-order valence-electron chi connectivity index (χ1n) is 14.3. The van der Waals surface area contributed by atoms with Crippen LogP contribution in [-0.2, 0) is 24.2 Å². The van der Waals surface area contributed by atoms with Crippen molar-refractivity contribution in [2.75, 3.05) is 11.4 Å². The average Bonchev–Trinajstić information content (AvgIpc) is 2.91. The highest BCUT2D eigenvalue weighted by Crippen LogP contribution is 2.34. The molecule has 0 radical (unpaired) electrons. The van der Waals surface area contributed by atoms with E-state index in [1.807, 2.05) is 20.8 Å². The van der Waals surface area contributed by atoms with E-state index >= 15 is 0 Å². The highest BCUT2D eigenvalue weighted by molar-refractivity contribution is 5.81. The molecule has 1 aliphatic heterocycles. The van der Waals surface area contributed by atoms with Crippen molar-refractivity contribution in [3.63, 3.8) is 0 Å². The van der Waals surface area contributed by atoms with E-state index in [0.29, 0.717) is 19.5 Å². The first-order chi connectivity index (χ1) is 18.3. The van der Waals surface area contributed by atoms with Crippen LogP contribution in [0.5, 0.6) is 0 Å². The van der Waals surface area contributed by atoms with Crippen molar-refractivity contribution in [3.8, 4) is 0 Å². The Morgan fingerprint density at radius 1 is 0.921 bits per heavy atom. The number of anilines is 1. The Hall–Kier alpha value is -2.89. The van der Waals surface area contributed by atoms with Gasteiger partial charge in [-0.05, 0) is 92.2 Å². The van der Waals surface area contributed by atoms with Crippen LogP contribution in [0, 0.1) is 0 Å². The van der Waals surface area contributed by atoms with Crippen LogP contribution in [0.3, 0.4) is 0 Å². The zero-order chi connectivity index (χ0) is 27.5. The van der Waals surface area contributed by atoms with E-state index in [1.165, 1.54) is 22.3 Å². The number of carbonyl (C=O) groups excluding carboxylic acids is 1. The van der Waals surface area contributed by atoms with Gasteiger partial charge in [-0.15, -0.1) is 0 Å². The molecule has 38 heavy (non-hydrogen) atoms. The van der Waals surface area contributed by atoms with Crippen molar-refractivity contribution in [3.05, 3.63) is 76.5 Å². The Kier molecular flexibility index (Phi) is 11.6. The Balaban J connectivity index is 1.91. The molecule has 1 amide bonds. The van der Waals surface area contributed by atoms with E-state index in [2.05, 4.69) is 65.3 Å². The number of aliphatic hydroxyl groups excluding tert-OH is 2. The van der Waals surface area contributed by atoms with E-state index in [9.17, 15) is 15.0 Å². The number of amides is 1. The molecule has 0 saturated carbocycles. The normalized spacial score (nSPS) is 15.0. The van der Waals surface area contributed by atoms with Gasteiger partial charge in [0.1, 0.15) is 0 Å². The van der Waals surface area contributed by atoms with Gasteiger partial charge in [-0.3, -0.25) is 4.79 Å². The molecular formula is C33H46N2O3. The second-order valence-corrected chi connectivity index (χ2v) is 10.4. The van der Waals surface area contributed by atoms with Gasteiger partial charge in [0.2, 0.25) is 5.91 Å². The Morgan fingerprint density at radius 3 is 2.16 bits per heavy atom. The second kappa shape index (κ2) is 14.9. The topological polar surface area (TPSA) is 72.8 Å². The first-order valence-corrected chi connectivity index (χ1v) is 14.3. The zero-order valence-corrected chi connectivity index (χ0v) is 23.5. The lowest BCUT2D eigenvalue weighted by Crippen LogP contribution is -2.25. The number of nitrogens with one attached hydrogen (secondary N) is 1. The fraction of sp³-hybridized carbons (Fsp3) is 0.485. The summed E-state index contributed by atoms with van der Waals surface area (Å²) >= 11 is 0. The van der Waals surface area contributed by atoms with Gasteiger partial charge >= 0.3 is 0 Å². The molecule has 0 aromatic heterocycles. The maximum Gasteiger partial charge on any atom is 0.219 e. The van der Waals surface area contributed by atoms with Crippen molar-refractivity contribution in [2.24, 2.45) is 0 Å². The number of nitrogens with zero attached hydrogens (tertiary/aromatic N) is 1. The summed E-state index contributed by atoms with van der Waals surface area (Å²) in [7, 11) is 0. The van der Waals surface area contributed by atoms with Crippen LogP contribution < -0.4 is 10.2 Å². The number of hydrogen-bond acceptors (Lipinski definition) is 4. The van der Waals surface area contributed by atoms with Gasteiger partial charge in [-0.25, -0.2) is 0 Å². The molecule has 5 nitrogen and oxygen atoms in total. The fourth-order valence-corrected chi connectivity index (χ4v) is 4.90. The number of fused-ring (bicyclic) bond motifs is 2. The molecule has 0 saturated heterocycles. The van der Waals surface area contributed by atoms with Gasteiger partial charge in [0.05, 0.1) is 12.2 Å². The predicted octanol–water partition coefficient (Wildman–Crippen LogP) is 6.40. The lowest BCUT2D eigenvalue weighted by atomic mass is 9.95.